The average Bonchev–Trinajstić information content (AvgIpc) is 3.34. The van der Waals surface area contributed by atoms with Crippen LogP contribution in [-0.2, 0) is 6.42 Å². The lowest BCUT2D eigenvalue weighted by Crippen LogP contribution is -2.39. The molecule has 1 aromatic carbocycles. The molecule has 0 fully saturated rings. The normalized spacial score (nSPS) is 11.8. The minimum absolute atomic E-state index is 0.167. The number of aromatic nitrogens is 2. The maximum Gasteiger partial charge on any atom is 0.314 e. The standard InChI is InChI=1S/C19H22N4O2/c24-19(20-11-4-9-16-7-2-1-3-8-16)21-15-17(18-10-5-14-25-18)23-13-6-12-22-23/h1-3,5-8,10,12-14,17H,4,9,11,15H2,(H2,20,21,24)/t17-/m1/s1. The lowest BCUT2D eigenvalue weighted by molar-refractivity contribution is 0.238. The first-order valence-electron chi connectivity index (χ1n) is 8.41. The van der Waals surface area contributed by atoms with Crippen LogP contribution in [0, 0.1) is 0 Å². The highest BCUT2D eigenvalue weighted by Gasteiger charge is 2.17. The van der Waals surface area contributed by atoms with Gasteiger partial charge in [0.1, 0.15) is 11.8 Å². The number of benzene rings is 1. The molecule has 0 aliphatic rings. The van der Waals surface area contributed by atoms with Crippen LogP contribution in [0.25, 0.3) is 0 Å². The lowest BCUT2D eigenvalue weighted by atomic mass is 10.1. The quantitative estimate of drug-likeness (QED) is 0.620. The molecule has 0 saturated carbocycles. The van der Waals surface area contributed by atoms with E-state index in [0.717, 1.165) is 18.6 Å². The second-order valence-electron chi connectivity index (χ2n) is 5.74. The summed E-state index contributed by atoms with van der Waals surface area (Å²) in [6.45, 7) is 1.04. The highest BCUT2D eigenvalue weighted by molar-refractivity contribution is 5.73. The van der Waals surface area contributed by atoms with Crippen LogP contribution in [-0.4, -0.2) is 28.9 Å². The summed E-state index contributed by atoms with van der Waals surface area (Å²) in [6.07, 6.45) is 7.03. The Labute approximate surface area is 146 Å². The molecule has 0 spiro atoms. The molecule has 2 amide bonds. The number of furan rings is 1. The summed E-state index contributed by atoms with van der Waals surface area (Å²) in [4.78, 5) is 12.0. The van der Waals surface area contributed by atoms with Gasteiger partial charge in [0.25, 0.3) is 0 Å². The number of hydrogen-bond donors (Lipinski definition) is 2. The second kappa shape index (κ2) is 8.73. The van der Waals surface area contributed by atoms with Crippen LogP contribution in [0.4, 0.5) is 4.79 Å². The van der Waals surface area contributed by atoms with E-state index in [2.05, 4.69) is 27.9 Å². The number of amides is 2. The molecule has 0 saturated heterocycles. The fourth-order valence-corrected chi connectivity index (χ4v) is 2.66. The van der Waals surface area contributed by atoms with Gasteiger partial charge < -0.3 is 15.1 Å². The first kappa shape index (κ1) is 16.8. The van der Waals surface area contributed by atoms with Crippen LogP contribution >= 0.6 is 0 Å². The highest BCUT2D eigenvalue weighted by Crippen LogP contribution is 2.16. The monoisotopic (exact) mass is 338 g/mol. The van der Waals surface area contributed by atoms with E-state index >= 15 is 0 Å². The third-order valence-electron chi connectivity index (χ3n) is 3.94. The molecule has 0 aliphatic heterocycles. The SMILES string of the molecule is O=C(NCCCc1ccccc1)NC[C@H](c1ccco1)n1cccn1. The number of carbonyl (C=O) groups is 1. The largest absolute Gasteiger partial charge is 0.467 e. The van der Waals surface area contributed by atoms with Gasteiger partial charge in [0.2, 0.25) is 0 Å². The van der Waals surface area contributed by atoms with Gasteiger partial charge >= 0.3 is 6.03 Å². The van der Waals surface area contributed by atoms with Crippen molar-refractivity contribution in [1.29, 1.82) is 0 Å². The minimum atomic E-state index is -0.184. The van der Waals surface area contributed by atoms with Crippen molar-refractivity contribution >= 4 is 6.03 Å². The van der Waals surface area contributed by atoms with Gasteiger partial charge in [-0.2, -0.15) is 5.10 Å². The molecule has 0 aliphatic carbocycles. The minimum Gasteiger partial charge on any atom is -0.467 e. The molecule has 2 heterocycles. The van der Waals surface area contributed by atoms with E-state index in [4.69, 9.17) is 4.42 Å². The number of urea groups is 1. The summed E-state index contributed by atoms with van der Waals surface area (Å²) in [7, 11) is 0. The van der Waals surface area contributed by atoms with Crippen LogP contribution in [0.2, 0.25) is 0 Å². The topological polar surface area (TPSA) is 72.1 Å². The molecule has 25 heavy (non-hydrogen) atoms. The van der Waals surface area contributed by atoms with E-state index in [1.54, 1.807) is 17.1 Å². The molecule has 2 aromatic heterocycles. The average molecular weight is 338 g/mol. The summed E-state index contributed by atoms with van der Waals surface area (Å²) >= 11 is 0. The van der Waals surface area contributed by atoms with Gasteiger partial charge in [-0.1, -0.05) is 30.3 Å². The molecule has 0 unspecified atom stereocenters. The van der Waals surface area contributed by atoms with E-state index in [-0.39, 0.29) is 12.1 Å². The van der Waals surface area contributed by atoms with Crippen molar-refractivity contribution in [2.45, 2.75) is 18.9 Å². The van der Waals surface area contributed by atoms with Gasteiger partial charge in [0.05, 0.1) is 6.26 Å². The van der Waals surface area contributed by atoms with Crippen LogP contribution in [0.1, 0.15) is 23.8 Å². The Morgan fingerprint density at radius 1 is 1.12 bits per heavy atom. The first-order valence-corrected chi connectivity index (χ1v) is 8.41. The Hall–Kier alpha value is -3.02. The molecule has 3 aromatic rings. The molecule has 130 valence electrons. The predicted octanol–water partition coefficient (Wildman–Crippen LogP) is 3.00. The van der Waals surface area contributed by atoms with Gasteiger partial charge in [-0.05, 0) is 36.6 Å². The van der Waals surface area contributed by atoms with E-state index in [1.807, 2.05) is 42.6 Å². The number of carbonyl (C=O) groups excluding carboxylic acids is 1. The summed E-state index contributed by atoms with van der Waals surface area (Å²) in [6, 6.07) is 15.5. The highest BCUT2D eigenvalue weighted by atomic mass is 16.3. The first-order chi connectivity index (χ1) is 12.3. The predicted molar refractivity (Wildman–Crippen MR) is 95.2 cm³/mol. The van der Waals surface area contributed by atoms with Crippen LogP contribution in [0.3, 0.4) is 0 Å². The summed E-state index contributed by atoms with van der Waals surface area (Å²) in [5.41, 5.74) is 1.28. The summed E-state index contributed by atoms with van der Waals surface area (Å²) in [5, 5.41) is 10.0. The zero-order valence-corrected chi connectivity index (χ0v) is 14.0. The molecule has 6 nitrogen and oxygen atoms in total. The molecule has 6 heteroatoms. The van der Waals surface area contributed by atoms with Crippen molar-refractivity contribution in [3.05, 3.63) is 78.5 Å². The second-order valence-corrected chi connectivity index (χ2v) is 5.74. The Kier molecular flexibility index (Phi) is 5.87. The van der Waals surface area contributed by atoms with Gasteiger partial charge in [0, 0.05) is 25.5 Å². The lowest BCUT2D eigenvalue weighted by Gasteiger charge is -2.16. The third kappa shape index (κ3) is 4.97. The molecule has 0 radical (unpaired) electrons. The van der Waals surface area contributed by atoms with Gasteiger partial charge in [-0.15, -0.1) is 0 Å². The van der Waals surface area contributed by atoms with Crippen molar-refractivity contribution in [2.75, 3.05) is 13.1 Å². The molecule has 2 N–H and O–H groups in total. The van der Waals surface area contributed by atoms with E-state index in [0.29, 0.717) is 13.1 Å². The summed E-state index contributed by atoms with van der Waals surface area (Å²) in [5.74, 6) is 0.757. The number of hydrogen-bond acceptors (Lipinski definition) is 3. The van der Waals surface area contributed by atoms with Crippen molar-refractivity contribution < 1.29 is 9.21 Å². The van der Waals surface area contributed by atoms with E-state index in [9.17, 15) is 4.79 Å². The Balaban J connectivity index is 1.43. The zero-order chi connectivity index (χ0) is 17.3. The molecule has 0 bridgehead atoms. The Morgan fingerprint density at radius 2 is 2.00 bits per heavy atom. The van der Waals surface area contributed by atoms with Crippen molar-refractivity contribution in [3.8, 4) is 0 Å². The Bertz CT molecular complexity index is 705. The smallest absolute Gasteiger partial charge is 0.314 e. The third-order valence-corrected chi connectivity index (χ3v) is 3.94. The fraction of sp³-hybridized carbons (Fsp3) is 0.263. The van der Waals surface area contributed by atoms with Crippen molar-refractivity contribution in [2.24, 2.45) is 0 Å². The van der Waals surface area contributed by atoms with E-state index < -0.39 is 0 Å². The van der Waals surface area contributed by atoms with Crippen molar-refractivity contribution in [3.63, 3.8) is 0 Å². The molecular weight excluding hydrogens is 316 g/mol. The maximum absolute atomic E-state index is 12.0. The van der Waals surface area contributed by atoms with Gasteiger partial charge in [0.15, 0.2) is 0 Å². The van der Waals surface area contributed by atoms with Gasteiger partial charge in [-0.25, -0.2) is 4.79 Å². The Morgan fingerprint density at radius 3 is 2.72 bits per heavy atom. The van der Waals surface area contributed by atoms with Crippen molar-refractivity contribution in [1.82, 2.24) is 20.4 Å². The fourth-order valence-electron chi connectivity index (χ4n) is 2.66. The maximum atomic E-state index is 12.0. The van der Waals surface area contributed by atoms with Crippen LogP contribution < -0.4 is 10.6 Å². The number of rotatable bonds is 8. The zero-order valence-electron chi connectivity index (χ0n) is 14.0. The summed E-state index contributed by atoms with van der Waals surface area (Å²) < 4.78 is 7.24. The molecular formula is C19H22N4O2. The molecule has 1 atom stereocenters. The van der Waals surface area contributed by atoms with Crippen LogP contribution in [0.15, 0.2) is 71.6 Å². The number of nitrogens with one attached hydrogen (secondary N) is 2. The van der Waals surface area contributed by atoms with Gasteiger partial charge in [-0.3, -0.25) is 4.68 Å². The number of aryl methyl sites for hydroxylation is 1. The number of nitrogens with zero attached hydrogens (tertiary/aromatic N) is 2. The molecule has 3 rings (SSSR count). The van der Waals surface area contributed by atoms with E-state index in [1.165, 1.54) is 5.56 Å². The van der Waals surface area contributed by atoms with Crippen LogP contribution in [0.5, 0.6) is 0 Å².